The third-order valence-corrected chi connectivity index (χ3v) is 4.66. The number of pyridine rings is 1. The first-order chi connectivity index (χ1) is 10.1. The van der Waals surface area contributed by atoms with Gasteiger partial charge in [0.15, 0.2) is 0 Å². The highest BCUT2D eigenvalue weighted by molar-refractivity contribution is 5.79. The van der Waals surface area contributed by atoms with Crippen LogP contribution in [-0.2, 0) is 4.74 Å². The van der Waals surface area contributed by atoms with E-state index in [4.69, 9.17) is 10.5 Å². The van der Waals surface area contributed by atoms with Gasteiger partial charge in [-0.05, 0) is 50.5 Å². The van der Waals surface area contributed by atoms with Crippen LogP contribution >= 0.6 is 0 Å². The highest BCUT2D eigenvalue weighted by Crippen LogP contribution is 2.42. The number of ether oxygens (including phenoxy) is 1. The fourth-order valence-corrected chi connectivity index (χ4v) is 3.55. The minimum atomic E-state index is -0.180. The first-order valence-electron chi connectivity index (χ1n) is 7.91. The van der Waals surface area contributed by atoms with Crippen molar-refractivity contribution in [3.8, 4) is 0 Å². The molecule has 1 aliphatic rings. The fourth-order valence-electron chi connectivity index (χ4n) is 3.55. The lowest BCUT2D eigenvalue weighted by molar-refractivity contribution is -0.0536. The number of aryl methyl sites for hydroxylation is 1. The predicted molar refractivity (Wildman–Crippen MR) is 86.2 cm³/mol. The van der Waals surface area contributed by atoms with E-state index in [0.717, 1.165) is 41.6 Å². The Morgan fingerprint density at radius 2 is 2.00 bits per heavy atom. The number of hydrogen-bond donors (Lipinski definition) is 1. The van der Waals surface area contributed by atoms with Crippen molar-refractivity contribution < 1.29 is 4.74 Å². The van der Waals surface area contributed by atoms with Gasteiger partial charge in [-0.2, -0.15) is 0 Å². The largest absolute Gasteiger partial charge is 0.373 e. The Labute approximate surface area is 126 Å². The van der Waals surface area contributed by atoms with Gasteiger partial charge in [-0.15, -0.1) is 0 Å². The molecule has 1 saturated carbocycles. The van der Waals surface area contributed by atoms with Gasteiger partial charge in [-0.25, -0.2) is 0 Å². The van der Waals surface area contributed by atoms with Crippen LogP contribution < -0.4 is 5.73 Å². The van der Waals surface area contributed by atoms with Gasteiger partial charge in [0, 0.05) is 17.7 Å². The molecule has 0 amide bonds. The molecular formula is C18H24N2O. The van der Waals surface area contributed by atoms with Crippen molar-refractivity contribution >= 4 is 10.9 Å². The van der Waals surface area contributed by atoms with E-state index < -0.39 is 0 Å². The number of fused-ring (bicyclic) bond motifs is 1. The van der Waals surface area contributed by atoms with Crippen LogP contribution in [0.4, 0.5) is 0 Å². The smallest absolute Gasteiger partial charge is 0.0874 e. The Morgan fingerprint density at radius 3 is 2.71 bits per heavy atom. The predicted octanol–water partition coefficient (Wildman–Crippen LogP) is 3.89. The first kappa shape index (κ1) is 14.5. The second-order valence-corrected chi connectivity index (χ2v) is 6.09. The summed E-state index contributed by atoms with van der Waals surface area (Å²) in [5, 5.41) is 1.15. The maximum Gasteiger partial charge on any atom is 0.0874 e. The average molecular weight is 284 g/mol. The van der Waals surface area contributed by atoms with Crippen LogP contribution in [0, 0.1) is 6.92 Å². The summed E-state index contributed by atoms with van der Waals surface area (Å²) in [5.74, 6) is 0. The zero-order chi connectivity index (χ0) is 14.9. The van der Waals surface area contributed by atoms with Crippen molar-refractivity contribution in [3.05, 3.63) is 41.6 Å². The number of nitrogens with zero attached hydrogens (tertiary/aromatic N) is 1. The van der Waals surface area contributed by atoms with Crippen LogP contribution in [-0.4, -0.2) is 17.2 Å². The molecule has 1 fully saturated rings. The second-order valence-electron chi connectivity index (χ2n) is 6.09. The van der Waals surface area contributed by atoms with E-state index in [-0.39, 0.29) is 11.6 Å². The SMILES string of the molecule is CCOC1(C(N)c2ccc3nc(C)ccc3c2)CCCC1. The molecule has 1 aromatic carbocycles. The molecule has 1 aliphatic carbocycles. The molecule has 3 rings (SSSR count). The van der Waals surface area contributed by atoms with Crippen molar-refractivity contribution in [3.63, 3.8) is 0 Å². The van der Waals surface area contributed by atoms with Crippen LogP contribution in [0.2, 0.25) is 0 Å². The number of benzene rings is 1. The molecule has 0 saturated heterocycles. The van der Waals surface area contributed by atoms with Gasteiger partial charge in [-0.3, -0.25) is 4.98 Å². The molecule has 1 heterocycles. The van der Waals surface area contributed by atoms with Crippen LogP contribution in [0.3, 0.4) is 0 Å². The molecule has 0 aliphatic heterocycles. The molecule has 0 radical (unpaired) electrons. The summed E-state index contributed by atoms with van der Waals surface area (Å²) in [6, 6.07) is 10.5. The van der Waals surface area contributed by atoms with E-state index in [0.29, 0.717) is 0 Å². The van der Waals surface area contributed by atoms with Crippen molar-refractivity contribution in [2.75, 3.05) is 6.61 Å². The maximum atomic E-state index is 6.60. The van der Waals surface area contributed by atoms with E-state index in [1.54, 1.807) is 0 Å². The molecule has 0 spiro atoms. The summed E-state index contributed by atoms with van der Waals surface area (Å²) >= 11 is 0. The molecule has 2 N–H and O–H groups in total. The summed E-state index contributed by atoms with van der Waals surface area (Å²) in [4.78, 5) is 4.56. The molecule has 1 unspecified atom stereocenters. The summed E-state index contributed by atoms with van der Waals surface area (Å²) < 4.78 is 6.10. The van der Waals surface area contributed by atoms with Crippen LogP contribution in [0.25, 0.3) is 10.9 Å². The summed E-state index contributed by atoms with van der Waals surface area (Å²) in [6.07, 6.45) is 4.54. The Balaban J connectivity index is 1.96. The van der Waals surface area contributed by atoms with E-state index in [1.807, 2.05) is 13.0 Å². The van der Waals surface area contributed by atoms with E-state index in [2.05, 4.69) is 36.2 Å². The van der Waals surface area contributed by atoms with Gasteiger partial charge in [0.25, 0.3) is 0 Å². The average Bonchev–Trinajstić information content (AvgIpc) is 2.96. The van der Waals surface area contributed by atoms with Crippen LogP contribution in [0.1, 0.15) is 49.9 Å². The summed E-state index contributed by atoms with van der Waals surface area (Å²) in [6.45, 7) is 4.80. The fraction of sp³-hybridized carbons (Fsp3) is 0.500. The lowest BCUT2D eigenvalue weighted by Gasteiger charge is -2.35. The van der Waals surface area contributed by atoms with E-state index in [1.165, 1.54) is 12.8 Å². The van der Waals surface area contributed by atoms with Gasteiger partial charge in [0.2, 0.25) is 0 Å². The lowest BCUT2D eigenvalue weighted by atomic mass is 9.87. The monoisotopic (exact) mass is 284 g/mol. The van der Waals surface area contributed by atoms with Crippen molar-refractivity contribution in [1.29, 1.82) is 0 Å². The Hall–Kier alpha value is -1.45. The van der Waals surface area contributed by atoms with E-state index >= 15 is 0 Å². The minimum Gasteiger partial charge on any atom is -0.373 e. The molecule has 1 aromatic heterocycles. The number of rotatable bonds is 4. The van der Waals surface area contributed by atoms with Gasteiger partial charge in [0.1, 0.15) is 0 Å². The normalized spacial score (nSPS) is 19.0. The third-order valence-electron chi connectivity index (χ3n) is 4.66. The lowest BCUT2D eigenvalue weighted by Crippen LogP contribution is -2.41. The topological polar surface area (TPSA) is 48.1 Å². The zero-order valence-corrected chi connectivity index (χ0v) is 12.9. The maximum absolute atomic E-state index is 6.60. The van der Waals surface area contributed by atoms with Crippen molar-refractivity contribution in [2.45, 2.75) is 51.2 Å². The van der Waals surface area contributed by atoms with Crippen molar-refractivity contribution in [2.24, 2.45) is 5.73 Å². The number of aromatic nitrogens is 1. The Kier molecular flexibility index (Phi) is 3.96. The highest BCUT2D eigenvalue weighted by Gasteiger charge is 2.41. The molecular weight excluding hydrogens is 260 g/mol. The molecule has 0 bridgehead atoms. The Morgan fingerprint density at radius 1 is 1.24 bits per heavy atom. The summed E-state index contributed by atoms with van der Waals surface area (Å²) in [7, 11) is 0. The molecule has 3 heteroatoms. The van der Waals surface area contributed by atoms with Gasteiger partial charge in [-0.1, -0.05) is 25.0 Å². The number of nitrogens with two attached hydrogens (primary N) is 1. The van der Waals surface area contributed by atoms with Crippen molar-refractivity contribution in [1.82, 2.24) is 4.98 Å². The quantitative estimate of drug-likeness (QED) is 0.926. The molecule has 21 heavy (non-hydrogen) atoms. The van der Waals surface area contributed by atoms with Gasteiger partial charge < -0.3 is 10.5 Å². The highest BCUT2D eigenvalue weighted by atomic mass is 16.5. The summed E-state index contributed by atoms with van der Waals surface area (Å²) in [5.41, 5.74) is 9.65. The number of hydrogen-bond acceptors (Lipinski definition) is 3. The molecule has 112 valence electrons. The first-order valence-corrected chi connectivity index (χ1v) is 7.91. The Bertz CT molecular complexity index is 632. The molecule has 3 nitrogen and oxygen atoms in total. The van der Waals surface area contributed by atoms with Gasteiger partial charge in [0.05, 0.1) is 17.2 Å². The molecule has 2 aromatic rings. The molecule has 1 atom stereocenters. The minimum absolute atomic E-state index is 0.0642. The standard InChI is InChI=1S/C18H24N2O/c1-3-21-18(10-4-5-11-18)17(19)15-8-9-16-14(12-15)7-6-13(2)20-16/h6-9,12,17H,3-5,10-11,19H2,1-2H3. The van der Waals surface area contributed by atoms with E-state index in [9.17, 15) is 0 Å². The third kappa shape index (κ3) is 2.68. The van der Waals surface area contributed by atoms with Crippen LogP contribution in [0.15, 0.2) is 30.3 Å². The second kappa shape index (κ2) is 5.74. The van der Waals surface area contributed by atoms with Gasteiger partial charge >= 0.3 is 0 Å². The van der Waals surface area contributed by atoms with Crippen LogP contribution in [0.5, 0.6) is 0 Å². The zero-order valence-electron chi connectivity index (χ0n) is 12.9.